The van der Waals surface area contributed by atoms with Crippen molar-refractivity contribution in [1.82, 2.24) is 0 Å². The number of anilines is 1. The fraction of sp³-hybridized carbons (Fsp3) is 0.227. The van der Waals surface area contributed by atoms with E-state index in [2.05, 4.69) is 80.4 Å². The standard InChI is InChI=1S/C22H20N2O/c1-21(2)17-10-6-7-11-19(17)24(3)22(21)14-23-18-12-15-8-4-5-9-16(15)13-20(18)25-22/h4-14H,1-3H3/t22-/m1/s1. The van der Waals surface area contributed by atoms with Gasteiger partial charge < -0.3 is 9.64 Å². The Kier molecular flexibility index (Phi) is 2.69. The summed E-state index contributed by atoms with van der Waals surface area (Å²) in [5.41, 5.74) is 2.54. The van der Waals surface area contributed by atoms with E-state index in [4.69, 9.17) is 9.73 Å². The average Bonchev–Trinajstić information content (AvgIpc) is 2.79. The van der Waals surface area contributed by atoms with Crippen LogP contribution in [0.5, 0.6) is 5.75 Å². The van der Waals surface area contributed by atoms with Crippen molar-refractivity contribution in [1.29, 1.82) is 0 Å². The third-order valence-electron chi connectivity index (χ3n) is 5.80. The number of ether oxygens (including phenoxy) is 1. The molecule has 124 valence electrons. The molecule has 0 unspecified atom stereocenters. The molecule has 0 saturated carbocycles. The van der Waals surface area contributed by atoms with Crippen LogP contribution < -0.4 is 9.64 Å². The first-order valence-electron chi connectivity index (χ1n) is 8.63. The van der Waals surface area contributed by atoms with Gasteiger partial charge in [0.15, 0.2) is 0 Å². The molecule has 2 heterocycles. The lowest BCUT2D eigenvalue weighted by Gasteiger charge is -2.44. The average molecular weight is 328 g/mol. The summed E-state index contributed by atoms with van der Waals surface area (Å²) in [6.07, 6.45) is 1.98. The molecule has 0 amide bonds. The van der Waals surface area contributed by atoms with Gasteiger partial charge in [-0.15, -0.1) is 0 Å². The second kappa shape index (κ2) is 4.63. The van der Waals surface area contributed by atoms with Gasteiger partial charge >= 0.3 is 0 Å². The Morgan fingerprint density at radius 2 is 1.60 bits per heavy atom. The SMILES string of the molecule is CN1c2ccccc2C(C)(C)[C@]12C=Nc1cc3ccccc3cc1O2. The minimum atomic E-state index is -0.619. The highest BCUT2D eigenvalue weighted by Gasteiger charge is 2.58. The maximum absolute atomic E-state index is 6.68. The van der Waals surface area contributed by atoms with Gasteiger partial charge in [-0.05, 0) is 48.4 Å². The summed E-state index contributed by atoms with van der Waals surface area (Å²) in [5, 5.41) is 2.35. The van der Waals surface area contributed by atoms with Crippen LogP contribution in [0.4, 0.5) is 11.4 Å². The summed E-state index contributed by atoms with van der Waals surface area (Å²) >= 11 is 0. The lowest BCUT2D eigenvalue weighted by molar-refractivity contribution is 0.0826. The maximum atomic E-state index is 6.68. The number of hydrogen-bond donors (Lipinski definition) is 0. The van der Waals surface area contributed by atoms with E-state index in [-0.39, 0.29) is 5.41 Å². The van der Waals surface area contributed by atoms with Gasteiger partial charge in [0, 0.05) is 12.7 Å². The largest absolute Gasteiger partial charge is 0.459 e. The highest BCUT2D eigenvalue weighted by Crippen LogP contribution is 2.53. The van der Waals surface area contributed by atoms with E-state index in [0.29, 0.717) is 0 Å². The van der Waals surface area contributed by atoms with E-state index in [1.807, 2.05) is 12.3 Å². The Morgan fingerprint density at radius 1 is 0.920 bits per heavy atom. The summed E-state index contributed by atoms with van der Waals surface area (Å²) in [7, 11) is 2.09. The van der Waals surface area contributed by atoms with Crippen LogP contribution in [0.15, 0.2) is 65.7 Å². The number of benzene rings is 3. The molecule has 1 atom stereocenters. The van der Waals surface area contributed by atoms with Crippen molar-refractivity contribution >= 4 is 28.4 Å². The molecular formula is C22H20N2O. The van der Waals surface area contributed by atoms with Gasteiger partial charge in [-0.25, -0.2) is 0 Å². The molecule has 5 rings (SSSR count). The van der Waals surface area contributed by atoms with Crippen LogP contribution in [0.2, 0.25) is 0 Å². The van der Waals surface area contributed by atoms with E-state index in [9.17, 15) is 0 Å². The predicted octanol–water partition coefficient (Wildman–Crippen LogP) is 5.06. The van der Waals surface area contributed by atoms with Crippen LogP contribution in [-0.2, 0) is 5.41 Å². The first kappa shape index (κ1) is 14.5. The molecule has 0 radical (unpaired) electrons. The van der Waals surface area contributed by atoms with Crippen molar-refractivity contribution in [2.24, 2.45) is 4.99 Å². The van der Waals surface area contributed by atoms with Crippen molar-refractivity contribution in [3.63, 3.8) is 0 Å². The van der Waals surface area contributed by atoms with Crippen LogP contribution in [0.1, 0.15) is 19.4 Å². The lowest BCUT2D eigenvalue weighted by Crippen LogP contribution is -2.61. The van der Waals surface area contributed by atoms with Crippen molar-refractivity contribution in [3.8, 4) is 5.75 Å². The van der Waals surface area contributed by atoms with Gasteiger partial charge in [-0.2, -0.15) is 0 Å². The summed E-state index contributed by atoms with van der Waals surface area (Å²) in [5.74, 6) is 0.842. The van der Waals surface area contributed by atoms with Gasteiger partial charge in [0.2, 0.25) is 5.72 Å². The molecule has 0 bridgehead atoms. The van der Waals surface area contributed by atoms with Gasteiger partial charge in [0.1, 0.15) is 11.4 Å². The number of hydrogen-bond acceptors (Lipinski definition) is 3. The number of nitrogens with zero attached hydrogens (tertiary/aromatic N) is 2. The zero-order valence-electron chi connectivity index (χ0n) is 14.7. The Hall–Kier alpha value is -2.81. The van der Waals surface area contributed by atoms with Crippen molar-refractivity contribution in [2.75, 3.05) is 11.9 Å². The van der Waals surface area contributed by atoms with E-state index >= 15 is 0 Å². The molecule has 3 aromatic carbocycles. The van der Waals surface area contributed by atoms with Crippen LogP contribution >= 0.6 is 0 Å². The molecule has 2 aliphatic heterocycles. The Balaban J connectivity index is 1.70. The Labute approximate surface area is 147 Å². The van der Waals surface area contributed by atoms with Crippen molar-refractivity contribution in [3.05, 3.63) is 66.2 Å². The normalized spacial score (nSPS) is 22.8. The van der Waals surface area contributed by atoms with Crippen LogP contribution in [0.25, 0.3) is 10.8 Å². The van der Waals surface area contributed by atoms with Crippen molar-refractivity contribution in [2.45, 2.75) is 25.0 Å². The van der Waals surface area contributed by atoms with E-state index < -0.39 is 5.72 Å². The molecule has 3 aromatic rings. The zero-order valence-corrected chi connectivity index (χ0v) is 14.7. The number of rotatable bonds is 0. The number of likely N-dealkylation sites (N-methyl/N-ethyl adjacent to an activating group) is 1. The molecule has 0 saturated heterocycles. The van der Waals surface area contributed by atoms with Gasteiger partial charge in [0.05, 0.1) is 11.6 Å². The molecule has 3 heteroatoms. The first-order valence-corrected chi connectivity index (χ1v) is 8.63. The summed E-state index contributed by atoms with van der Waals surface area (Å²) in [4.78, 5) is 7.03. The maximum Gasteiger partial charge on any atom is 0.228 e. The minimum absolute atomic E-state index is 0.217. The third kappa shape index (κ3) is 1.73. The van der Waals surface area contributed by atoms with Crippen LogP contribution in [0, 0.1) is 0 Å². The van der Waals surface area contributed by atoms with Gasteiger partial charge in [-0.1, -0.05) is 42.5 Å². The molecular weight excluding hydrogens is 308 g/mol. The summed E-state index contributed by atoms with van der Waals surface area (Å²) < 4.78 is 6.68. The summed E-state index contributed by atoms with van der Waals surface area (Å²) in [6.45, 7) is 4.46. The highest BCUT2D eigenvalue weighted by molar-refractivity contribution is 5.93. The molecule has 25 heavy (non-hydrogen) atoms. The summed E-state index contributed by atoms with van der Waals surface area (Å²) in [6, 6.07) is 21.0. The van der Waals surface area contributed by atoms with Crippen LogP contribution in [-0.4, -0.2) is 19.0 Å². The fourth-order valence-electron chi connectivity index (χ4n) is 4.27. The molecule has 0 aromatic heterocycles. The molecule has 0 aliphatic carbocycles. The zero-order chi connectivity index (χ0) is 17.2. The molecule has 0 fully saturated rings. The van der Waals surface area contributed by atoms with Gasteiger partial charge in [0.25, 0.3) is 0 Å². The minimum Gasteiger partial charge on any atom is -0.459 e. The number of fused-ring (bicyclic) bond motifs is 3. The second-order valence-electron chi connectivity index (χ2n) is 7.42. The lowest BCUT2D eigenvalue weighted by atomic mass is 9.77. The Morgan fingerprint density at radius 3 is 2.36 bits per heavy atom. The van der Waals surface area contributed by atoms with E-state index in [1.54, 1.807) is 0 Å². The highest BCUT2D eigenvalue weighted by atomic mass is 16.5. The Bertz CT molecular complexity index is 1040. The first-order chi connectivity index (χ1) is 12.0. The predicted molar refractivity (Wildman–Crippen MR) is 103 cm³/mol. The molecule has 2 aliphatic rings. The van der Waals surface area contributed by atoms with Crippen molar-refractivity contribution < 1.29 is 4.74 Å². The quantitative estimate of drug-likeness (QED) is 0.576. The number of para-hydroxylation sites is 1. The molecule has 3 nitrogen and oxygen atoms in total. The fourth-order valence-corrected chi connectivity index (χ4v) is 4.27. The van der Waals surface area contributed by atoms with E-state index in [0.717, 1.165) is 11.4 Å². The number of aliphatic imine (C=N–C) groups is 1. The van der Waals surface area contributed by atoms with E-state index in [1.165, 1.54) is 22.0 Å². The third-order valence-corrected chi connectivity index (χ3v) is 5.80. The smallest absolute Gasteiger partial charge is 0.228 e. The molecule has 1 spiro atoms. The van der Waals surface area contributed by atoms with Gasteiger partial charge in [-0.3, -0.25) is 4.99 Å². The van der Waals surface area contributed by atoms with Crippen LogP contribution in [0.3, 0.4) is 0 Å². The monoisotopic (exact) mass is 328 g/mol. The second-order valence-corrected chi connectivity index (χ2v) is 7.42. The topological polar surface area (TPSA) is 24.8 Å². The molecule has 0 N–H and O–H groups in total.